The van der Waals surface area contributed by atoms with Crippen molar-refractivity contribution in [3.8, 4) is 0 Å². The van der Waals surface area contributed by atoms with E-state index in [4.69, 9.17) is 22.8 Å². The zero-order valence-electron chi connectivity index (χ0n) is 18.5. The van der Waals surface area contributed by atoms with Gasteiger partial charge in [0, 0.05) is 0 Å². The van der Waals surface area contributed by atoms with Gasteiger partial charge in [-0.05, 0) is 48.5 Å². The smallest absolute Gasteiger partial charge is 0.344 e. The van der Waals surface area contributed by atoms with Crippen LogP contribution >= 0.6 is 15.2 Å². The van der Waals surface area contributed by atoms with E-state index in [9.17, 15) is 18.7 Å². The van der Waals surface area contributed by atoms with E-state index in [0.29, 0.717) is 0 Å². The minimum absolute atomic E-state index is 0.237. The summed E-state index contributed by atoms with van der Waals surface area (Å²) in [6.07, 6.45) is -0.317. The fraction of sp³-hybridized carbons (Fsp3) is 0.882. The third-order valence-corrected chi connectivity index (χ3v) is 7.34. The first kappa shape index (κ1) is 30.4. The first-order valence-electron chi connectivity index (χ1n) is 9.68. The average molecular weight is 462 g/mol. The van der Waals surface area contributed by atoms with E-state index in [1.54, 1.807) is 41.5 Å². The molecule has 12 heteroatoms. The van der Waals surface area contributed by atoms with Crippen molar-refractivity contribution in [3.63, 3.8) is 0 Å². The van der Waals surface area contributed by atoms with Crippen LogP contribution in [0.15, 0.2) is 0 Å². The SMILES string of the molecule is CCOC(=O)C(C)P(=O)(OCC)OCC.CCOC(=O)CP(=O)(OCC)OCC. The topological polar surface area (TPSA) is 124 Å². The third kappa shape index (κ3) is 13.2. The van der Waals surface area contributed by atoms with Crippen LogP contribution in [0.3, 0.4) is 0 Å². The minimum atomic E-state index is -3.37. The lowest BCUT2D eigenvalue weighted by Crippen LogP contribution is -2.22. The van der Waals surface area contributed by atoms with Crippen molar-refractivity contribution in [2.75, 3.05) is 45.8 Å². The largest absolute Gasteiger partial charge is 0.466 e. The summed E-state index contributed by atoms with van der Waals surface area (Å²) in [6, 6.07) is 0. The summed E-state index contributed by atoms with van der Waals surface area (Å²) < 4.78 is 53.2. The van der Waals surface area contributed by atoms with E-state index >= 15 is 0 Å². The molecule has 0 radical (unpaired) electrons. The van der Waals surface area contributed by atoms with Crippen molar-refractivity contribution < 1.29 is 46.3 Å². The van der Waals surface area contributed by atoms with Crippen LogP contribution < -0.4 is 0 Å². The Morgan fingerprint density at radius 1 is 0.690 bits per heavy atom. The number of hydrogen-bond donors (Lipinski definition) is 0. The van der Waals surface area contributed by atoms with Crippen LogP contribution in [-0.4, -0.2) is 63.4 Å². The van der Waals surface area contributed by atoms with E-state index < -0.39 is 32.8 Å². The first-order chi connectivity index (χ1) is 13.6. The van der Waals surface area contributed by atoms with Gasteiger partial charge in [-0.15, -0.1) is 0 Å². The molecule has 10 nitrogen and oxygen atoms in total. The molecule has 0 aliphatic carbocycles. The molecule has 0 rings (SSSR count). The zero-order chi connectivity index (χ0) is 22.9. The van der Waals surface area contributed by atoms with Gasteiger partial charge in [0.05, 0.1) is 39.6 Å². The molecule has 0 fully saturated rings. The van der Waals surface area contributed by atoms with Crippen LogP contribution in [0.2, 0.25) is 0 Å². The monoisotopic (exact) mass is 462 g/mol. The van der Waals surface area contributed by atoms with Gasteiger partial charge in [-0.2, -0.15) is 0 Å². The second kappa shape index (κ2) is 17.0. The Kier molecular flexibility index (Phi) is 17.8. The number of carbonyl (C=O) groups excluding carboxylic acids is 2. The van der Waals surface area contributed by atoms with Gasteiger partial charge in [-0.1, -0.05) is 0 Å². The van der Waals surface area contributed by atoms with Gasteiger partial charge >= 0.3 is 27.1 Å². The average Bonchev–Trinajstić information content (AvgIpc) is 2.62. The molecule has 0 saturated carbocycles. The maximum atomic E-state index is 12.1. The highest BCUT2D eigenvalue weighted by Gasteiger charge is 2.38. The molecule has 0 aliphatic rings. The van der Waals surface area contributed by atoms with Crippen molar-refractivity contribution in [1.29, 1.82) is 0 Å². The van der Waals surface area contributed by atoms with Gasteiger partial charge in [-0.25, -0.2) is 0 Å². The van der Waals surface area contributed by atoms with E-state index in [-0.39, 0.29) is 45.8 Å². The van der Waals surface area contributed by atoms with Crippen LogP contribution in [-0.2, 0) is 46.3 Å². The lowest BCUT2D eigenvalue weighted by atomic mass is 10.5. The second-order valence-electron chi connectivity index (χ2n) is 5.21. The van der Waals surface area contributed by atoms with E-state index in [1.165, 1.54) is 6.92 Å². The predicted octanol–water partition coefficient (Wildman–Crippen LogP) is 4.02. The Bertz CT molecular complexity index is 532. The lowest BCUT2D eigenvalue weighted by Gasteiger charge is -2.21. The Hall–Kier alpha value is -0.760. The fourth-order valence-corrected chi connectivity index (χ4v) is 4.93. The third-order valence-electron chi connectivity index (χ3n) is 3.00. The van der Waals surface area contributed by atoms with Crippen LogP contribution in [0.5, 0.6) is 0 Å². The summed E-state index contributed by atoms with van der Waals surface area (Å²) in [5, 5.41) is 0. The summed E-state index contributed by atoms with van der Waals surface area (Å²) in [7, 11) is -6.65. The number of carbonyl (C=O) groups is 2. The van der Waals surface area contributed by atoms with Gasteiger partial charge in [0.15, 0.2) is 5.66 Å². The Labute approximate surface area is 174 Å². The molecule has 0 aliphatic heterocycles. The van der Waals surface area contributed by atoms with Crippen molar-refractivity contribution in [3.05, 3.63) is 0 Å². The molecule has 0 N–H and O–H groups in total. The molecule has 1 atom stereocenters. The molecule has 0 amide bonds. The number of ether oxygens (including phenoxy) is 2. The minimum Gasteiger partial charge on any atom is -0.466 e. The lowest BCUT2D eigenvalue weighted by molar-refractivity contribution is -0.143. The molecule has 0 bridgehead atoms. The van der Waals surface area contributed by atoms with Crippen LogP contribution in [0.4, 0.5) is 0 Å². The molecule has 0 aromatic rings. The Morgan fingerprint density at radius 2 is 1.10 bits per heavy atom. The molecule has 0 saturated heterocycles. The van der Waals surface area contributed by atoms with Crippen LogP contribution in [0.25, 0.3) is 0 Å². The number of hydrogen-bond acceptors (Lipinski definition) is 10. The summed E-state index contributed by atoms with van der Waals surface area (Å²) in [5.41, 5.74) is -0.877. The second-order valence-corrected chi connectivity index (χ2v) is 9.64. The summed E-state index contributed by atoms with van der Waals surface area (Å²) in [5.74, 6) is -1.11. The highest BCUT2D eigenvalue weighted by molar-refractivity contribution is 7.55. The zero-order valence-corrected chi connectivity index (χ0v) is 20.3. The Morgan fingerprint density at radius 3 is 1.45 bits per heavy atom. The summed E-state index contributed by atoms with van der Waals surface area (Å²) in [4.78, 5) is 22.4. The highest BCUT2D eigenvalue weighted by atomic mass is 31.2. The molecule has 29 heavy (non-hydrogen) atoms. The first-order valence-corrected chi connectivity index (χ1v) is 13.0. The molecule has 174 valence electrons. The molecule has 0 heterocycles. The van der Waals surface area contributed by atoms with E-state index in [2.05, 4.69) is 4.74 Å². The molecule has 0 spiro atoms. The molecule has 0 aromatic heterocycles. The Balaban J connectivity index is 0. The number of rotatable bonds is 14. The van der Waals surface area contributed by atoms with Crippen LogP contribution in [0.1, 0.15) is 48.5 Å². The molecule has 0 aromatic carbocycles. The van der Waals surface area contributed by atoms with Crippen LogP contribution in [0, 0.1) is 0 Å². The predicted molar refractivity (Wildman–Crippen MR) is 109 cm³/mol. The summed E-state index contributed by atoms with van der Waals surface area (Å²) in [6.45, 7) is 13.1. The number of esters is 2. The standard InChI is InChI=1S/C9H19O5P.C8H17O5P/c1-5-12-9(10)8(4)15(11,13-6-2)14-7-3;1-4-11-8(9)7-14(10,12-5-2)13-6-3/h8H,5-7H2,1-4H3;4-7H2,1-3H3. The normalized spacial score (nSPS) is 12.5. The highest BCUT2D eigenvalue weighted by Crippen LogP contribution is 2.53. The van der Waals surface area contributed by atoms with Gasteiger partial charge in [0.2, 0.25) is 0 Å². The fourth-order valence-electron chi connectivity index (χ4n) is 1.90. The summed E-state index contributed by atoms with van der Waals surface area (Å²) >= 11 is 0. The molecular formula is C17H36O10P2. The van der Waals surface area contributed by atoms with Crippen molar-refractivity contribution in [2.24, 2.45) is 0 Å². The van der Waals surface area contributed by atoms with Crippen molar-refractivity contribution in [2.45, 2.75) is 54.1 Å². The van der Waals surface area contributed by atoms with Gasteiger partial charge in [0.25, 0.3) is 0 Å². The maximum absolute atomic E-state index is 12.1. The van der Waals surface area contributed by atoms with Crippen molar-refractivity contribution in [1.82, 2.24) is 0 Å². The van der Waals surface area contributed by atoms with E-state index in [1.807, 2.05) is 0 Å². The van der Waals surface area contributed by atoms with E-state index in [0.717, 1.165) is 0 Å². The van der Waals surface area contributed by atoms with Gasteiger partial charge < -0.3 is 27.6 Å². The molecular weight excluding hydrogens is 426 g/mol. The van der Waals surface area contributed by atoms with Crippen molar-refractivity contribution >= 4 is 27.1 Å². The molecule has 1 unspecified atom stereocenters. The van der Waals surface area contributed by atoms with Gasteiger partial charge in [-0.3, -0.25) is 18.7 Å². The maximum Gasteiger partial charge on any atom is 0.344 e. The quantitative estimate of drug-likeness (QED) is 0.276. The van der Waals surface area contributed by atoms with Gasteiger partial charge in [0.1, 0.15) is 6.16 Å².